The van der Waals surface area contributed by atoms with Gasteiger partial charge in [-0.1, -0.05) is 0 Å². The number of hydrogen-bond donors (Lipinski definition) is 1. The highest BCUT2D eigenvalue weighted by Gasteiger charge is 2.42. The van der Waals surface area contributed by atoms with Crippen molar-refractivity contribution in [1.29, 1.82) is 0 Å². The fourth-order valence-electron chi connectivity index (χ4n) is 2.60. The van der Waals surface area contributed by atoms with Crippen LogP contribution in [0, 0.1) is 0 Å². The molecule has 6 nitrogen and oxygen atoms in total. The zero-order valence-corrected chi connectivity index (χ0v) is 14.7. The van der Waals surface area contributed by atoms with Crippen molar-refractivity contribution >= 4 is 29.0 Å². The number of carboxylic acid groups (broad SMARTS) is 1. The van der Waals surface area contributed by atoms with Crippen molar-refractivity contribution in [3.8, 4) is 5.75 Å². The van der Waals surface area contributed by atoms with Crippen LogP contribution in [-0.4, -0.2) is 36.3 Å². The molecule has 0 spiro atoms. The first-order chi connectivity index (χ1) is 10.5. The summed E-state index contributed by atoms with van der Waals surface area (Å²) in [6.07, 6.45) is 0. The number of nitrogens with zero attached hydrogens (tertiary/aromatic N) is 1. The summed E-state index contributed by atoms with van der Waals surface area (Å²) in [5, 5.41) is 11.7. The molecule has 0 radical (unpaired) electrons. The predicted molar refractivity (Wildman–Crippen MR) is 87.5 cm³/mol. The number of anilines is 1. The number of hydrogen-bond acceptors (Lipinski definition) is 4. The Morgan fingerprint density at radius 3 is 2.22 bits per heavy atom. The van der Waals surface area contributed by atoms with Crippen LogP contribution in [0.4, 0.5) is 11.4 Å². The molecule has 2 rings (SSSR count). The molecule has 1 N–H and O–H groups in total. The molecule has 0 aliphatic carbocycles. The minimum atomic E-state index is -1.08. The molecule has 126 valence electrons. The summed E-state index contributed by atoms with van der Waals surface area (Å²) in [6, 6.07) is 4.00. The van der Waals surface area contributed by atoms with Gasteiger partial charge in [-0.3, -0.25) is 4.79 Å². The lowest BCUT2D eigenvalue weighted by Crippen LogP contribution is -2.25. The third-order valence-electron chi connectivity index (χ3n) is 4.07. The molecule has 0 atom stereocenters. The molecule has 1 amide bonds. The number of nitrogens with one attached hydrogen (secondary N) is 1. The highest BCUT2D eigenvalue weighted by atomic mass is 16.5. The number of aliphatic carboxylic acids is 1. The van der Waals surface area contributed by atoms with Gasteiger partial charge in [-0.2, -0.15) is 0 Å². The van der Waals surface area contributed by atoms with E-state index < -0.39 is 5.97 Å². The van der Waals surface area contributed by atoms with E-state index in [2.05, 4.69) is 30.7 Å². The van der Waals surface area contributed by atoms with Crippen molar-refractivity contribution in [2.75, 3.05) is 19.5 Å². The molecule has 0 saturated carbocycles. The number of carbonyl (C=O) groups is 2. The Hall–Kier alpha value is -2.37. The van der Waals surface area contributed by atoms with Crippen molar-refractivity contribution in [3.05, 3.63) is 17.7 Å². The summed E-state index contributed by atoms with van der Waals surface area (Å²) in [5.41, 5.74) is 4.31. The maximum Gasteiger partial charge on any atom is 0.221 e. The topological polar surface area (TPSA) is 81.5 Å². The second kappa shape index (κ2) is 6.81. The van der Waals surface area contributed by atoms with Gasteiger partial charge in [0.15, 0.2) is 5.71 Å². The second-order valence-corrected chi connectivity index (χ2v) is 6.01. The lowest BCUT2D eigenvalue weighted by molar-refractivity contribution is -0.403. The van der Waals surface area contributed by atoms with Crippen LogP contribution in [-0.2, 0) is 15.0 Å². The van der Waals surface area contributed by atoms with Crippen LogP contribution in [0.2, 0.25) is 0 Å². The average Bonchev–Trinajstić information content (AvgIpc) is 2.58. The molecule has 0 aromatic heterocycles. The van der Waals surface area contributed by atoms with E-state index in [0.29, 0.717) is 11.4 Å². The van der Waals surface area contributed by atoms with Gasteiger partial charge in [0.2, 0.25) is 11.6 Å². The van der Waals surface area contributed by atoms with Crippen LogP contribution < -0.4 is 15.2 Å². The highest BCUT2D eigenvalue weighted by molar-refractivity contribution is 5.96. The van der Waals surface area contributed by atoms with E-state index in [0.717, 1.165) is 12.6 Å². The van der Waals surface area contributed by atoms with Crippen molar-refractivity contribution in [2.45, 2.75) is 40.0 Å². The number of methoxy groups -OCH3 is 1. The molecule has 1 aliphatic rings. The van der Waals surface area contributed by atoms with Gasteiger partial charge in [0, 0.05) is 31.4 Å². The van der Waals surface area contributed by atoms with Crippen molar-refractivity contribution in [3.63, 3.8) is 0 Å². The standard InChI is InChI=1S/C15H20N2O2.C2H4O2/c1-9-15(3,4)11-7-14(19-6)12(16-10(2)18)8-13(11)17(9)5;1-2(3)4/h7-8H,1-6H3;1H3,(H,3,4). The minimum absolute atomic E-state index is 0.0217. The third-order valence-corrected chi connectivity index (χ3v) is 4.07. The van der Waals surface area contributed by atoms with Gasteiger partial charge in [0.05, 0.1) is 18.2 Å². The molecule has 6 heteroatoms. The summed E-state index contributed by atoms with van der Waals surface area (Å²) < 4.78 is 7.56. The van der Waals surface area contributed by atoms with Gasteiger partial charge < -0.3 is 20.0 Å². The van der Waals surface area contributed by atoms with E-state index in [4.69, 9.17) is 14.6 Å². The molecule has 0 saturated heterocycles. The van der Waals surface area contributed by atoms with Crippen LogP contribution in [0.3, 0.4) is 0 Å². The van der Waals surface area contributed by atoms with Crippen molar-refractivity contribution in [1.82, 2.24) is 0 Å². The van der Waals surface area contributed by atoms with Crippen LogP contribution in [0.25, 0.3) is 0 Å². The maximum atomic E-state index is 11.3. The quantitative estimate of drug-likeness (QED) is 0.836. The lowest BCUT2D eigenvalue weighted by Gasteiger charge is -2.17. The monoisotopic (exact) mass is 320 g/mol. The second-order valence-electron chi connectivity index (χ2n) is 6.01. The first-order valence-electron chi connectivity index (χ1n) is 7.27. The number of ether oxygens (including phenoxy) is 1. The third kappa shape index (κ3) is 3.88. The molecule has 23 heavy (non-hydrogen) atoms. The van der Waals surface area contributed by atoms with Gasteiger partial charge in [-0.15, -0.1) is 0 Å². The Bertz CT molecular complexity index is 671. The van der Waals surface area contributed by atoms with Crippen molar-refractivity contribution in [2.24, 2.45) is 0 Å². The maximum absolute atomic E-state index is 11.3. The first-order valence-corrected chi connectivity index (χ1v) is 7.27. The van der Waals surface area contributed by atoms with Gasteiger partial charge in [0.25, 0.3) is 0 Å². The summed E-state index contributed by atoms with van der Waals surface area (Å²) in [6.45, 7) is 8.99. The normalized spacial score (nSPS) is 14.6. The van der Waals surface area contributed by atoms with E-state index in [9.17, 15) is 4.79 Å². The van der Waals surface area contributed by atoms with Crippen molar-refractivity contribution < 1.29 is 24.0 Å². The number of carboxylic acids is 1. The molecule has 1 aromatic carbocycles. The summed E-state index contributed by atoms with van der Waals surface area (Å²) >= 11 is 0. The fraction of sp³-hybridized carbons (Fsp3) is 0.471. The summed E-state index contributed by atoms with van der Waals surface area (Å²) in [4.78, 5) is 20.2. The molecule has 1 heterocycles. The number of amides is 1. The largest absolute Gasteiger partial charge is 0.550 e. The van der Waals surface area contributed by atoms with Crippen LogP contribution in [0.1, 0.15) is 40.2 Å². The molecule has 0 bridgehead atoms. The Morgan fingerprint density at radius 1 is 1.26 bits per heavy atom. The molecule has 0 unspecified atom stereocenters. The number of benzene rings is 1. The fourth-order valence-corrected chi connectivity index (χ4v) is 2.60. The average molecular weight is 320 g/mol. The lowest BCUT2D eigenvalue weighted by atomic mass is 9.82. The Balaban J connectivity index is 0.000000593. The molecular formula is C17H24N2O4. The number of fused-ring (bicyclic) bond motifs is 1. The minimum Gasteiger partial charge on any atom is -0.550 e. The smallest absolute Gasteiger partial charge is 0.221 e. The SMILES string of the molecule is CC(=O)[O-].COc1cc2c(cc1NC(C)=O)[N+](C)=C(C)C2(C)C. The molecule has 0 fully saturated rings. The van der Waals surface area contributed by atoms with Gasteiger partial charge >= 0.3 is 0 Å². The van der Waals surface area contributed by atoms with Gasteiger partial charge in [-0.25, -0.2) is 4.58 Å². The van der Waals surface area contributed by atoms with Gasteiger partial charge in [0.1, 0.15) is 12.8 Å². The number of carbonyl (C=O) groups excluding carboxylic acids is 2. The van der Waals surface area contributed by atoms with E-state index in [-0.39, 0.29) is 11.3 Å². The molecule has 1 aliphatic heterocycles. The van der Waals surface area contributed by atoms with Gasteiger partial charge in [-0.05, 0) is 26.8 Å². The zero-order valence-electron chi connectivity index (χ0n) is 14.7. The number of rotatable bonds is 2. The zero-order chi connectivity index (χ0) is 17.9. The van der Waals surface area contributed by atoms with E-state index in [1.807, 2.05) is 19.2 Å². The van der Waals surface area contributed by atoms with Crippen LogP contribution in [0.15, 0.2) is 12.1 Å². The summed E-state index contributed by atoms with van der Waals surface area (Å²) in [5.74, 6) is -0.482. The van der Waals surface area contributed by atoms with E-state index in [1.165, 1.54) is 18.2 Å². The highest BCUT2D eigenvalue weighted by Crippen LogP contribution is 2.43. The summed E-state index contributed by atoms with van der Waals surface area (Å²) in [7, 11) is 3.67. The van der Waals surface area contributed by atoms with Crippen LogP contribution >= 0.6 is 0 Å². The van der Waals surface area contributed by atoms with E-state index >= 15 is 0 Å². The first kappa shape index (κ1) is 18.7. The Kier molecular flexibility index (Phi) is 5.53. The molecule has 1 aromatic rings. The van der Waals surface area contributed by atoms with E-state index in [1.54, 1.807) is 7.11 Å². The Morgan fingerprint density at radius 2 is 1.78 bits per heavy atom. The Labute approximate surface area is 136 Å². The van der Waals surface area contributed by atoms with Crippen LogP contribution in [0.5, 0.6) is 5.75 Å². The predicted octanol–water partition coefficient (Wildman–Crippen LogP) is 1.44. The molecular weight excluding hydrogens is 296 g/mol.